The van der Waals surface area contributed by atoms with Crippen molar-refractivity contribution in [3.8, 4) is 0 Å². The molecule has 0 bridgehead atoms. The maximum Gasteiger partial charge on any atom is 0.390 e. The van der Waals surface area contributed by atoms with Gasteiger partial charge in [0.15, 0.2) is 0 Å². The Bertz CT molecular complexity index is 592. The Hall–Kier alpha value is -0.640. The Morgan fingerprint density at radius 2 is 2.05 bits per heavy atom. The van der Waals surface area contributed by atoms with E-state index in [0.717, 1.165) is 34.6 Å². The van der Waals surface area contributed by atoms with Gasteiger partial charge in [0, 0.05) is 24.0 Å². The fourth-order valence-electron chi connectivity index (χ4n) is 1.72. The van der Waals surface area contributed by atoms with Crippen LogP contribution in [0.1, 0.15) is 29.7 Å². The van der Waals surface area contributed by atoms with Gasteiger partial charge in [-0.3, -0.25) is 0 Å². The number of hydrogen-bond acceptors (Lipinski definition) is 4. The first kappa shape index (κ1) is 16.7. The first-order valence-electron chi connectivity index (χ1n) is 6.56. The van der Waals surface area contributed by atoms with Crippen LogP contribution in [0.15, 0.2) is 10.3 Å². The molecule has 1 fully saturated rings. The lowest BCUT2D eigenvalue weighted by Crippen LogP contribution is -2.27. The van der Waals surface area contributed by atoms with Crippen molar-refractivity contribution in [3.05, 3.63) is 16.5 Å². The smallest absolute Gasteiger partial charge is 0.309 e. The highest BCUT2D eigenvalue weighted by Crippen LogP contribution is 2.28. The Balaban J connectivity index is 1.96. The molecule has 120 valence electrons. The standard InChI is InChI=1S/C12H17F3N2O2S2/c1-8-6-11(20-10(8)7-16-9-2-3-9)21(18,19)17-5-4-12(13,14)15/h6,9,16-17H,2-5,7H2,1H3. The van der Waals surface area contributed by atoms with Crippen LogP contribution < -0.4 is 10.0 Å². The molecule has 0 spiro atoms. The van der Waals surface area contributed by atoms with E-state index >= 15 is 0 Å². The van der Waals surface area contributed by atoms with Crippen LogP contribution in [0.25, 0.3) is 0 Å². The monoisotopic (exact) mass is 342 g/mol. The second-order valence-corrected chi connectivity index (χ2v) is 8.22. The predicted octanol–water partition coefficient (Wildman–Crippen LogP) is 2.54. The number of alkyl halides is 3. The number of hydrogen-bond donors (Lipinski definition) is 2. The van der Waals surface area contributed by atoms with Crippen LogP contribution in [-0.2, 0) is 16.6 Å². The van der Waals surface area contributed by atoms with E-state index in [-0.39, 0.29) is 4.21 Å². The van der Waals surface area contributed by atoms with Gasteiger partial charge in [0.2, 0.25) is 10.0 Å². The summed E-state index contributed by atoms with van der Waals surface area (Å²) in [6, 6.07) is 2.02. The van der Waals surface area contributed by atoms with Crippen molar-refractivity contribution in [2.45, 2.75) is 49.2 Å². The van der Waals surface area contributed by atoms with Gasteiger partial charge in [-0.05, 0) is 31.4 Å². The molecule has 0 aliphatic heterocycles. The molecule has 1 aliphatic rings. The number of sulfonamides is 1. The lowest BCUT2D eigenvalue weighted by atomic mass is 10.3. The van der Waals surface area contributed by atoms with Gasteiger partial charge in [-0.15, -0.1) is 11.3 Å². The molecule has 21 heavy (non-hydrogen) atoms. The summed E-state index contributed by atoms with van der Waals surface area (Å²) in [6.45, 7) is 1.76. The summed E-state index contributed by atoms with van der Waals surface area (Å²) in [5, 5.41) is 3.29. The van der Waals surface area contributed by atoms with Crippen molar-refractivity contribution in [2.75, 3.05) is 6.54 Å². The van der Waals surface area contributed by atoms with Gasteiger partial charge in [0.25, 0.3) is 0 Å². The highest BCUT2D eigenvalue weighted by atomic mass is 32.2. The maximum atomic E-state index is 12.0. The molecule has 0 aromatic carbocycles. The molecule has 1 saturated carbocycles. The van der Waals surface area contributed by atoms with Crippen LogP contribution in [0.4, 0.5) is 13.2 Å². The molecular formula is C12H17F3N2O2S2. The van der Waals surface area contributed by atoms with Crippen LogP contribution in [0, 0.1) is 6.92 Å². The third kappa shape index (κ3) is 5.24. The van der Waals surface area contributed by atoms with Gasteiger partial charge in [0.05, 0.1) is 6.42 Å². The normalized spacial score (nSPS) is 16.4. The molecule has 2 rings (SSSR count). The van der Waals surface area contributed by atoms with E-state index in [1.165, 1.54) is 6.07 Å². The molecule has 1 heterocycles. The van der Waals surface area contributed by atoms with E-state index in [1.807, 2.05) is 4.72 Å². The highest BCUT2D eigenvalue weighted by Gasteiger charge is 2.28. The zero-order valence-corrected chi connectivity index (χ0v) is 13.1. The molecule has 0 amide bonds. The Kier molecular flexibility index (Phi) is 4.96. The predicted molar refractivity (Wildman–Crippen MR) is 74.8 cm³/mol. The molecule has 0 radical (unpaired) electrons. The molecule has 1 aromatic rings. The lowest BCUT2D eigenvalue weighted by molar-refractivity contribution is -0.132. The lowest BCUT2D eigenvalue weighted by Gasteiger charge is -2.07. The molecule has 2 N–H and O–H groups in total. The van der Waals surface area contributed by atoms with E-state index in [1.54, 1.807) is 6.92 Å². The average molecular weight is 342 g/mol. The summed E-state index contributed by atoms with van der Waals surface area (Å²) in [5.41, 5.74) is 0.837. The van der Waals surface area contributed by atoms with Crippen molar-refractivity contribution in [1.29, 1.82) is 0 Å². The van der Waals surface area contributed by atoms with Crippen LogP contribution in [-0.4, -0.2) is 27.2 Å². The van der Waals surface area contributed by atoms with Gasteiger partial charge in [0.1, 0.15) is 4.21 Å². The number of rotatable bonds is 7. The fraction of sp³-hybridized carbons (Fsp3) is 0.667. The van der Waals surface area contributed by atoms with Gasteiger partial charge >= 0.3 is 6.18 Å². The SMILES string of the molecule is Cc1cc(S(=O)(=O)NCCC(F)(F)F)sc1CNC1CC1. The van der Waals surface area contributed by atoms with Crippen molar-refractivity contribution in [2.24, 2.45) is 0 Å². The Morgan fingerprint density at radius 1 is 1.38 bits per heavy atom. The number of halogens is 3. The first-order chi connectivity index (χ1) is 9.67. The molecule has 1 aliphatic carbocycles. The summed E-state index contributed by atoms with van der Waals surface area (Å²) in [6.07, 6.45) is -3.27. The summed E-state index contributed by atoms with van der Waals surface area (Å²) in [5.74, 6) is 0. The fourth-order valence-corrected chi connectivity index (χ4v) is 4.34. The van der Waals surface area contributed by atoms with Crippen molar-refractivity contribution >= 4 is 21.4 Å². The zero-order valence-electron chi connectivity index (χ0n) is 11.5. The van der Waals surface area contributed by atoms with Gasteiger partial charge in [-0.1, -0.05) is 0 Å². The number of aryl methyl sites for hydroxylation is 1. The van der Waals surface area contributed by atoms with Crippen LogP contribution >= 0.6 is 11.3 Å². The zero-order chi connectivity index (χ0) is 15.7. The van der Waals surface area contributed by atoms with E-state index < -0.39 is 29.2 Å². The molecular weight excluding hydrogens is 325 g/mol. The van der Waals surface area contributed by atoms with Gasteiger partial charge in [-0.2, -0.15) is 13.2 Å². The van der Waals surface area contributed by atoms with Gasteiger partial charge < -0.3 is 5.32 Å². The van der Waals surface area contributed by atoms with Crippen LogP contribution in [0.2, 0.25) is 0 Å². The van der Waals surface area contributed by atoms with Crippen LogP contribution in [0.5, 0.6) is 0 Å². The van der Waals surface area contributed by atoms with Crippen molar-refractivity contribution in [3.63, 3.8) is 0 Å². The molecule has 9 heteroatoms. The van der Waals surface area contributed by atoms with Crippen LogP contribution in [0.3, 0.4) is 0 Å². The van der Waals surface area contributed by atoms with E-state index in [9.17, 15) is 21.6 Å². The minimum atomic E-state index is -4.37. The third-order valence-corrected chi connectivity index (χ3v) is 6.26. The quantitative estimate of drug-likeness (QED) is 0.801. The van der Waals surface area contributed by atoms with Gasteiger partial charge in [-0.25, -0.2) is 13.1 Å². The topological polar surface area (TPSA) is 58.2 Å². The molecule has 1 aromatic heterocycles. The maximum absolute atomic E-state index is 12.0. The number of thiophene rings is 1. The average Bonchev–Trinajstić information content (AvgIpc) is 3.08. The molecule has 4 nitrogen and oxygen atoms in total. The third-order valence-electron chi connectivity index (χ3n) is 3.09. The Morgan fingerprint density at radius 3 is 2.62 bits per heavy atom. The second-order valence-electron chi connectivity index (χ2n) is 5.09. The van der Waals surface area contributed by atoms with E-state index in [4.69, 9.17) is 0 Å². The van der Waals surface area contributed by atoms with Crippen molar-refractivity contribution in [1.82, 2.24) is 10.0 Å². The minimum absolute atomic E-state index is 0.0646. The molecule has 0 atom stereocenters. The van der Waals surface area contributed by atoms with Crippen molar-refractivity contribution < 1.29 is 21.6 Å². The summed E-state index contributed by atoms with van der Waals surface area (Å²) in [7, 11) is -3.87. The summed E-state index contributed by atoms with van der Waals surface area (Å²) < 4.78 is 62.1. The molecule has 0 saturated heterocycles. The second kappa shape index (κ2) is 6.23. The molecule has 0 unspecified atom stereocenters. The summed E-state index contributed by atoms with van der Waals surface area (Å²) >= 11 is 1.10. The summed E-state index contributed by atoms with van der Waals surface area (Å²) in [4.78, 5) is 0.901. The number of nitrogens with one attached hydrogen (secondary N) is 2. The largest absolute Gasteiger partial charge is 0.390 e. The first-order valence-corrected chi connectivity index (χ1v) is 8.86. The van der Waals surface area contributed by atoms with E-state index in [2.05, 4.69) is 5.32 Å². The Labute approximate surface area is 125 Å². The van der Waals surface area contributed by atoms with E-state index in [0.29, 0.717) is 12.6 Å². The highest BCUT2D eigenvalue weighted by molar-refractivity contribution is 7.91. The minimum Gasteiger partial charge on any atom is -0.309 e.